The SMILES string of the molecule is COc1ccc2c(Nc3ccc4ncccc4c3)ncnc2c1. The van der Waals surface area contributed by atoms with Crippen LogP contribution in [0.4, 0.5) is 11.5 Å². The van der Waals surface area contributed by atoms with Crippen molar-refractivity contribution in [2.45, 2.75) is 0 Å². The molecule has 0 aliphatic carbocycles. The van der Waals surface area contributed by atoms with E-state index in [1.165, 1.54) is 0 Å². The van der Waals surface area contributed by atoms with Crippen LogP contribution in [-0.2, 0) is 0 Å². The van der Waals surface area contributed by atoms with Crippen molar-refractivity contribution in [1.82, 2.24) is 15.0 Å². The molecular weight excluding hydrogens is 288 g/mol. The fourth-order valence-electron chi connectivity index (χ4n) is 2.55. The largest absolute Gasteiger partial charge is 0.497 e. The first-order valence-corrected chi connectivity index (χ1v) is 7.24. The molecule has 5 heteroatoms. The fraction of sp³-hybridized carbons (Fsp3) is 0.0556. The zero-order valence-electron chi connectivity index (χ0n) is 12.5. The minimum absolute atomic E-state index is 0.765. The number of pyridine rings is 1. The molecule has 4 aromatic rings. The van der Waals surface area contributed by atoms with E-state index in [-0.39, 0.29) is 0 Å². The lowest BCUT2D eigenvalue weighted by atomic mass is 10.2. The van der Waals surface area contributed by atoms with Crippen LogP contribution < -0.4 is 10.1 Å². The second-order valence-corrected chi connectivity index (χ2v) is 5.14. The molecule has 0 aliphatic rings. The van der Waals surface area contributed by atoms with Crippen LogP contribution >= 0.6 is 0 Å². The van der Waals surface area contributed by atoms with Crippen LogP contribution in [0.2, 0.25) is 0 Å². The molecule has 0 saturated heterocycles. The molecule has 4 rings (SSSR count). The van der Waals surface area contributed by atoms with Crippen molar-refractivity contribution in [1.29, 1.82) is 0 Å². The summed E-state index contributed by atoms with van der Waals surface area (Å²) in [5, 5.41) is 5.38. The Kier molecular flexibility index (Phi) is 3.24. The molecule has 0 spiro atoms. The van der Waals surface area contributed by atoms with Crippen LogP contribution in [0.25, 0.3) is 21.8 Å². The summed E-state index contributed by atoms with van der Waals surface area (Å²) >= 11 is 0. The van der Waals surface area contributed by atoms with Gasteiger partial charge in [-0.25, -0.2) is 9.97 Å². The molecule has 0 atom stereocenters. The minimum atomic E-state index is 0.765. The monoisotopic (exact) mass is 302 g/mol. The number of benzene rings is 2. The Morgan fingerprint density at radius 3 is 2.78 bits per heavy atom. The summed E-state index contributed by atoms with van der Waals surface area (Å²) < 4.78 is 5.24. The van der Waals surface area contributed by atoms with Crippen molar-refractivity contribution in [3.8, 4) is 5.75 Å². The topological polar surface area (TPSA) is 59.9 Å². The Morgan fingerprint density at radius 2 is 1.87 bits per heavy atom. The van der Waals surface area contributed by atoms with Gasteiger partial charge in [0.05, 0.1) is 18.1 Å². The van der Waals surface area contributed by atoms with Gasteiger partial charge in [0.25, 0.3) is 0 Å². The number of nitrogens with zero attached hydrogens (tertiary/aromatic N) is 3. The van der Waals surface area contributed by atoms with Gasteiger partial charge in [0.15, 0.2) is 0 Å². The van der Waals surface area contributed by atoms with E-state index in [0.717, 1.165) is 39.1 Å². The van der Waals surface area contributed by atoms with Gasteiger partial charge in [-0.15, -0.1) is 0 Å². The number of hydrogen-bond acceptors (Lipinski definition) is 5. The van der Waals surface area contributed by atoms with Crippen LogP contribution in [0, 0.1) is 0 Å². The molecule has 1 N–H and O–H groups in total. The zero-order chi connectivity index (χ0) is 15.6. The average molecular weight is 302 g/mol. The highest BCUT2D eigenvalue weighted by atomic mass is 16.5. The summed E-state index contributed by atoms with van der Waals surface area (Å²) in [6.07, 6.45) is 3.34. The quantitative estimate of drug-likeness (QED) is 0.621. The average Bonchev–Trinajstić information content (AvgIpc) is 2.61. The smallest absolute Gasteiger partial charge is 0.141 e. The molecule has 0 amide bonds. The van der Waals surface area contributed by atoms with Gasteiger partial charge in [-0.2, -0.15) is 0 Å². The number of ether oxygens (including phenoxy) is 1. The van der Waals surface area contributed by atoms with E-state index in [1.807, 2.05) is 42.5 Å². The first-order chi connectivity index (χ1) is 11.3. The van der Waals surface area contributed by atoms with E-state index in [1.54, 1.807) is 19.6 Å². The predicted octanol–water partition coefficient (Wildman–Crippen LogP) is 3.93. The summed E-state index contributed by atoms with van der Waals surface area (Å²) in [5.74, 6) is 1.54. The van der Waals surface area contributed by atoms with Gasteiger partial charge in [-0.3, -0.25) is 4.98 Å². The standard InChI is InChI=1S/C18H14N4O/c1-23-14-5-6-15-17(10-14)20-11-21-18(15)22-13-4-7-16-12(9-13)3-2-8-19-16/h2-11H,1H3,(H,20,21,22). The van der Waals surface area contributed by atoms with Crippen molar-refractivity contribution in [3.63, 3.8) is 0 Å². The maximum atomic E-state index is 5.24. The Morgan fingerprint density at radius 1 is 0.913 bits per heavy atom. The Balaban J connectivity index is 1.76. The van der Waals surface area contributed by atoms with Crippen LogP contribution in [0.15, 0.2) is 61.1 Å². The van der Waals surface area contributed by atoms with Crippen molar-refractivity contribution in [2.75, 3.05) is 12.4 Å². The van der Waals surface area contributed by atoms with E-state index >= 15 is 0 Å². The highest BCUT2D eigenvalue weighted by molar-refractivity contribution is 5.92. The number of methoxy groups -OCH3 is 1. The number of hydrogen-bond donors (Lipinski definition) is 1. The van der Waals surface area contributed by atoms with Crippen molar-refractivity contribution in [3.05, 3.63) is 61.1 Å². The van der Waals surface area contributed by atoms with Gasteiger partial charge in [-0.05, 0) is 36.4 Å². The van der Waals surface area contributed by atoms with Crippen LogP contribution in [0.1, 0.15) is 0 Å². The number of anilines is 2. The third kappa shape index (κ3) is 2.53. The summed E-state index contributed by atoms with van der Waals surface area (Å²) in [6, 6.07) is 15.8. The normalized spacial score (nSPS) is 10.8. The van der Waals surface area contributed by atoms with E-state index in [9.17, 15) is 0 Å². The molecule has 2 aromatic carbocycles. The summed E-state index contributed by atoms with van der Waals surface area (Å²) in [6.45, 7) is 0. The Hall–Kier alpha value is -3.21. The lowest BCUT2D eigenvalue weighted by Crippen LogP contribution is -1.96. The van der Waals surface area contributed by atoms with E-state index < -0.39 is 0 Å². The molecular formula is C18H14N4O. The Bertz CT molecular complexity index is 1000. The van der Waals surface area contributed by atoms with Gasteiger partial charge in [0.1, 0.15) is 17.9 Å². The second kappa shape index (κ2) is 5.53. The first kappa shape index (κ1) is 13.5. The van der Waals surface area contributed by atoms with Gasteiger partial charge in [0, 0.05) is 28.7 Å². The molecule has 112 valence electrons. The van der Waals surface area contributed by atoms with Crippen molar-refractivity contribution in [2.24, 2.45) is 0 Å². The first-order valence-electron chi connectivity index (χ1n) is 7.24. The summed E-state index contributed by atoms with van der Waals surface area (Å²) in [7, 11) is 1.64. The number of rotatable bonds is 3. The maximum absolute atomic E-state index is 5.24. The predicted molar refractivity (Wildman–Crippen MR) is 91.1 cm³/mol. The van der Waals surface area contributed by atoms with E-state index in [2.05, 4.69) is 26.3 Å². The van der Waals surface area contributed by atoms with Crippen molar-refractivity contribution < 1.29 is 4.74 Å². The lowest BCUT2D eigenvalue weighted by molar-refractivity contribution is 0.415. The third-order valence-corrected chi connectivity index (χ3v) is 3.71. The number of fused-ring (bicyclic) bond motifs is 2. The van der Waals surface area contributed by atoms with Crippen molar-refractivity contribution >= 4 is 33.3 Å². The van der Waals surface area contributed by atoms with Gasteiger partial charge in [0.2, 0.25) is 0 Å². The number of nitrogens with one attached hydrogen (secondary N) is 1. The molecule has 0 aliphatic heterocycles. The van der Waals surface area contributed by atoms with Crippen LogP contribution in [0.5, 0.6) is 5.75 Å². The molecule has 0 fully saturated rings. The molecule has 0 saturated carbocycles. The van der Waals surface area contributed by atoms with Crippen LogP contribution in [0.3, 0.4) is 0 Å². The van der Waals surface area contributed by atoms with Gasteiger partial charge in [-0.1, -0.05) is 6.07 Å². The Labute approximate surface area is 133 Å². The zero-order valence-corrected chi connectivity index (χ0v) is 12.5. The number of aromatic nitrogens is 3. The lowest BCUT2D eigenvalue weighted by Gasteiger charge is -2.09. The highest BCUT2D eigenvalue weighted by Gasteiger charge is 2.06. The van der Waals surface area contributed by atoms with E-state index in [0.29, 0.717) is 0 Å². The maximum Gasteiger partial charge on any atom is 0.141 e. The fourth-order valence-corrected chi connectivity index (χ4v) is 2.55. The minimum Gasteiger partial charge on any atom is -0.497 e. The van der Waals surface area contributed by atoms with Crippen LogP contribution in [-0.4, -0.2) is 22.1 Å². The highest BCUT2D eigenvalue weighted by Crippen LogP contribution is 2.27. The molecule has 0 radical (unpaired) electrons. The molecule has 2 heterocycles. The second-order valence-electron chi connectivity index (χ2n) is 5.14. The molecule has 2 aromatic heterocycles. The summed E-state index contributed by atoms with van der Waals surface area (Å²) in [4.78, 5) is 13.0. The summed E-state index contributed by atoms with van der Waals surface area (Å²) in [5.41, 5.74) is 2.76. The van der Waals surface area contributed by atoms with E-state index in [4.69, 9.17) is 4.74 Å². The third-order valence-electron chi connectivity index (χ3n) is 3.71. The van der Waals surface area contributed by atoms with Gasteiger partial charge < -0.3 is 10.1 Å². The molecule has 0 unspecified atom stereocenters. The molecule has 0 bridgehead atoms. The van der Waals surface area contributed by atoms with Gasteiger partial charge >= 0.3 is 0 Å². The molecule has 5 nitrogen and oxygen atoms in total. The molecule has 23 heavy (non-hydrogen) atoms.